The van der Waals surface area contributed by atoms with Crippen molar-refractivity contribution in [3.63, 3.8) is 0 Å². The fourth-order valence-electron chi connectivity index (χ4n) is 2.37. The first-order chi connectivity index (χ1) is 12.0. The van der Waals surface area contributed by atoms with Gasteiger partial charge in [-0.25, -0.2) is 5.43 Å². The molecule has 0 unspecified atom stereocenters. The van der Waals surface area contributed by atoms with E-state index in [1.807, 2.05) is 36.4 Å². The third-order valence-corrected chi connectivity index (χ3v) is 4.18. The van der Waals surface area contributed by atoms with Gasteiger partial charge in [-0.15, -0.1) is 0 Å². The molecule has 0 aliphatic heterocycles. The molecule has 8 heteroatoms. The fraction of sp³-hybridized carbons (Fsp3) is 0.0588. The van der Waals surface area contributed by atoms with Gasteiger partial charge in [-0.3, -0.25) is 14.9 Å². The molecule has 0 radical (unpaired) electrons. The van der Waals surface area contributed by atoms with Gasteiger partial charge in [0.25, 0.3) is 0 Å². The normalized spacial score (nSPS) is 11.1. The number of hydrazone groups is 1. The topological polar surface area (TPSA) is 97.7 Å². The Morgan fingerprint density at radius 1 is 1.20 bits per heavy atom. The van der Waals surface area contributed by atoms with Crippen molar-refractivity contribution in [2.24, 2.45) is 5.10 Å². The van der Waals surface area contributed by atoms with Crippen molar-refractivity contribution >= 4 is 44.7 Å². The summed E-state index contributed by atoms with van der Waals surface area (Å²) < 4.78 is 5.87. The molecule has 126 valence electrons. The molecule has 1 amide bonds. The Labute approximate surface area is 150 Å². The van der Waals surface area contributed by atoms with E-state index in [4.69, 9.17) is 4.42 Å². The summed E-state index contributed by atoms with van der Waals surface area (Å²) in [6.07, 6.45) is 1.37. The summed E-state index contributed by atoms with van der Waals surface area (Å²) in [4.78, 5) is 21.9. The van der Waals surface area contributed by atoms with Gasteiger partial charge < -0.3 is 4.42 Å². The van der Waals surface area contributed by atoms with E-state index < -0.39 is 4.92 Å². The number of nitrogens with zero attached hydrogens (tertiary/aromatic N) is 2. The van der Waals surface area contributed by atoms with Crippen LogP contribution < -0.4 is 5.43 Å². The van der Waals surface area contributed by atoms with Crippen LogP contribution in [0.1, 0.15) is 11.3 Å². The molecule has 0 bridgehead atoms. The lowest BCUT2D eigenvalue weighted by Crippen LogP contribution is -2.19. The third-order valence-electron chi connectivity index (χ3n) is 3.49. The zero-order valence-corrected chi connectivity index (χ0v) is 14.4. The van der Waals surface area contributed by atoms with E-state index in [-0.39, 0.29) is 24.0 Å². The first kappa shape index (κ1) is 16.8. The van der Waals surface area contributed by atoms with E-state index >= 15 is 0 Å². The lowest BCUT2D eigenvalue weighted by Gasteiger charge is -2.07. The monoisotopic (exact) mass is 401 g/mol. The molecule has 0 saturated heterocycles. The second-order valence-electron chi connectivity index (χ2n) is 5.16. The predicted molar refractivity (Wildman–Crippen MR) is 96.5 cm³/mol. The number of nitro groups is 1. The van der Waals surface area contributed by atoms with Crippen LogP contribution >= 0.6 is 15.9 Å². The highest BCUT2D eigenvalue weighted by Crippen LogP contribution is 2.27. The Balaban J connectivity index is 1.68. The molecule has 3 rings (SSSR count). The van der Waals surface area contributed by atoms with E-state index in [0.717, 1.165) is 20.8 Å². The molecule has 3 aromatic rings. The highest BCUT2D eigenvalue weighted by atomic mass is 79.9. The van der Waals surface area contributed by atoms with Gasteiger partial charge in [0, 0.05) is 4.47 Å². The van der Waals surface area contributed by atoms with Gasteiger partial charge in [-0.1, -0.05) is 46.3 Å². The van der Waals surface area contributed by atoms with Crippen LogP contribution in [0, 0.1) is 10.1 Å². The van der Waals surface area contributed by atoms with E-state index in [9.17, 15) is 14.9 Å². The Morgan fingerprint density at radius 2 is 1.96 bits per heavy atom. The first-order valence-corrected chi connectivity index (χ1v) is 8.06. The van der Waals surface area contributed by atoms with Crippen LogP contribution in [0.4, 0.5) is 5.88 Å². The van der Waals surface area contributed by atoms with Crippen molar-refractivity contribution in [2.75, 3.05) is 0 Å². The van der Waals surface area contributed by atoms with Crippen molar-refractivity contribution in [1.29, 1.82) is 0 Å². The number of carbonyl (C=O) groups excluding carboxylic acids is 1. The Kier molecular flexibility index (Phi) is 4.90. The summed E-state index contributed by atoms with van der Waals surface area (Å²) in [7, 11) is 0. The molecule has 1 heterocycles. The van der Waals surface area contributed by atoms with E-state index in [1.54, 1.807) is 0 Å². The lowest BCUT2D eigenvalue weighted by molar-refractivity contribution is -0.402. The van der Waals surface area contributed by atoms with E-state index in [1.165, 1.54) is 18.3 Å². The summed E-state index contributed by atoms with van der Waals surface area (Å²) in [5.41, 5.74) is 3.26. The lowest BCUT2D eigenvalue weighted by atomic mass is 10.0. The van der Waals surface area contributed by atoms with Crippen LogP contribution in [0.25, 0.3) is 10.8 Å². The maximum Gasteiger partial charge on any atom is 0.433 e. The number of carbonyl (C=O) groups is 1. The summed E-state index contributed by atoms with van der Waals surface area (Å²) in [5.74, 6) is -0.500. The zero-order valence-electron chi connectivity index (χ0n) is 12.8. The van der Waals surface area contributed by atoms with Crippen LogP contribution in [0.15, 0.2) is 62.5 Å². The number of fused-ring (bicyclic) bond motifs is 1. The summed E-state index contributed by atoms with van der Waals surface area (Å²) in [6, 6.07) is 14.2. The first-order valence-electron chi connectivity index (χ1n) is 7.27. The summed E-state index contributed by atoms with van der Waals surface area (Å²) in [6.45, 7) is 0. The summed E-state index contributed by atoms with van der Waals surface area (Å²) >= 11 is 3.49. The molecule has 0 saturated carbocycles. The van der Waals surface area contributed by atoms with Crippen molar-refractivity contribution in [3.05, 3.63) is 74.4 Å². The summed E-state index contributed by atoms with van der Waals surface area (Å²) in [5, 5.41) is 16.3. The van der Waals surface area contributed by atoms with E-state index in [2.05, 4.69) is 26.5 Å². The minimum atomic E-state index is -0.644. The molecule has 1 N–H and O–H groups in total. The quantitative estimate of drug-likeness (QED) is 0.399. The van der Waals surface area contributed by atoms with Crippen molar-refractivity contribution < 1.29 is 14.1 Å². The van der Waals surface area contributed by atoms with Crippen LogP contribution in [0.3, 0.4) is 0 Å². The molecular weight excluding hydrogens is 390 g/mol. The molecule has 25 heavy (non-hydrogen) atoms. The maximum atomic E-state index is 12.1. The number of halogens is 1. The predicted octanol–water partition coefficient (Wildman–Crippen LogP) is 3.80. The van der Waals surface area contributed by atoms with Gasteiger partial charge in [0.15, 0.2) is 5.76 Å². The fourth-order valence-corrected chi connectivity index (χ4v) is 2.85. The van der Waals surface area contributed by atoms with Gasteiger partial charge >= 0.3 is 5.88 Å². The van der Waals surface area contributed by atoms with Gasteiger partial charge in [0.1, 0.15) is 4.92 Å². The Hall–Kier alpha value is -3.00. The molecule has 7 nitrogen and oxygen atoms in total. The largest absolute Gasteiger partial charge is 0.433 e. The van der Waals surface area contributed by atoms with Crippen molar-refractivity contribution in [2.45, 2.75) is 6.42 Å². The highest BCUT2D eigenvalue weighted by molar-refractivity contribution is 9.10. The second kappa shape index (κ2) is 7.27. The standard InChI is InChI=1S/C17H12BrN3O4/c18-15-7-5-11(13-3-1-2-4-14(13)15)9-16(22)20-19-10-12-6-8-17(25-12)21(23)24/h1-8,10H,9H2,(H,20,22)/b19-10-. The highest BCUT2D eigenvalue weighted by Gasteiger charge is 2.11. The molecular formula is C17H12BrN3O4. The van der Waals surface area contributed by atoms with E-state index in [0.29, 0.717) is 0 Å². The van der Waals surface area contributed by atoms with Gasteiger partial charge in [-0.2, -0.15) is 5.10 Å². The third kappa shape index (κ3) is 3.92. The van der Waals surface area contributed by atoms with Crippen molar-refractivity contribution in [3.8, 4) is 0 Å². The molecule has 0 atom stereocenters. The van der Waals surface area contributed by atoms with Crippen LogP contribution in [0.2, 0.25) is 0 Å². The maximum absolute atomic E-state index is 12.1. The number of nitrogens with one attached hydrogen (secondary N) is 1. The Morgan fingerprint density at radius 3 is 2.68 bits per heavy atom. The minimum Gasteiger partial charge on any atom is -0.400 e. The molecule has 0 aliphatic carbocycles. The number of hydrogen-bond donors (Lipinski definition) is 1. The molecule has 0 aliphatic rings. The SMILES string of the molecule is O=C(Cc1ccc(Br)c2ccccc12)N/N=C\c1ccc([N+](=O)[O-])o1. The van der Waals surface area contributed by atoms with Crippen molar-refractivity contribution in [1.82, 2.24) is 5.43 Å². The number of rotatable bonds is 5. The number of amides is 1. The second-order valence-corrected chi connectivity index (χ2v) is 6.01. The zero-order chi connectivity index (χ0) is 17.8. The minimum absolute atomic E-state index is 0.156. The van der Waals surface area contributed by atoms with Gasteiger partial charge in [0.05, 0.1) is 18.7 Å². The van der Waals surface area contributed by atoms with Gasteiger partial charge in [-0.05, 0) is 28.5 Å². The average molecular weight is 402 g/mol. The molecule has 1 aromatic heterocycles. The Bertz CT molecular complexity index is 981. The molecule has 2 aromatic carbocycles. The molecule has 0 fully saturated rings. The van der Waals surface area contributed by atoms with Crippen LogP contribution in [-0.4, -0.2) is 17.0 Å². The van der Waals surface area contributed by atoms with Crippen LogP contribution in [-0.2, 0) is 11.2 Å². The van der Waals surface area contributed by atoms with Crippen LogP contribution in [0.5, 0.6) is 0 Å². The number of benzene rings is 2. The van der Waals surface area contributed by atoms with Gasteiger partial charge in [0.2, 0.25) is 5.91 Å². The molecule has 0 spiro atoms. The smallest absolute Gasteiger partial charge is 0.400 e. The number of furan rings is 1. The average Bonchev–Trinajstić information content (AvgIpc) is 3.07. The number of hydrogen-bond acceptors (Lipinski definition) is 5.